The third-order valence-electron chi connectivity index (χ3n) is 5.92. The Labute approximate surface area is 168 Å². The molecule has 5 nitrogen and oxygen atoms in total. The molecular weight excluding hydrogens is 369 g/mol. The Hall–Kier alpha value is -3.15. The van der Waals surface area contributed by atoms with E-state index < -0.39 is 0 Å². The Kier molecular flexibility index (Phi) is 5.09. The number of hydrogen-bond donors (Lipinski definition) is 2. The lowest BCUT2D eigenvalue weighted by molar-refractivity contribution is -0.124. The number of carbonyl (C=O) groups is 2. The SMILES string of the molecule is CNC(=O)[C@H]1CC[C@@H](N(C)C(=O)c2cc3ccc(-c4ccc(F)cc4)cc3[nH]2)C1. The molecule has 1 aliphatic rings. The lowest BCUT2D eigenvalue weighted by Crippen LogP contribution is -2.36. The van der Waals surface area contributed by atoms with E-state index in [1.165, 1.54) is 12.1 Å². The van der Waals surface area contributed by atoms with Crippen molar-refractivity contribution in [2.75, 3.05) is 14.1 Å². The third kappa shape index (κ3) is 3.75. The second-order valence-electron chi connectivity index (χ2n) is 7.69. The summed E-state index contributed by atoms with van der Waals surface area (Å²) in [5.74, 6) is -0.322. The number of nitrogens with one attached hydrogen (secondary N) is 2. The zero-order valence-electron chi connectivity index (χ0n) is 16.5. The standard InChI is InChI=1S/C23H24FN3O2/c1-25-22(28)17-7-10-19(11-17)27(2)23(29)21-13-16-4-3-15(12-20(16)26-21)14-5-8-18(24)9-6-14/h3-6,8-9,12-13,17,19,26H,7,10-11H2,1-2H3,(H,25,28)/t17-,19+/m0/s1. The van der Waals surface area contributed by atoms with E-state index in [9.17, 15) is 14.0 Å². The Morgan fingerprint density at radius 1 is 1.07 bits per heavy atom. The molecule has 0 spiro atoms. The molecule has 4 rings (SSSR count). The summed E-state index contributed by atoms with van der Waals surface area (Å²) in [5.41, 5.74) is 3.26. The summed E-state index contributed by atoms with van der Waals surface area (Å²) < 4.78 is 13.2. The normalized spacial score (nSPS) is 18.7. The van der Waals surface area contributed by atoms with Gasteiger partial charge >= 0.3 is 0 Å². The Bertz CT molecular complexity index is 1060. The topological polar surface area (TPSA) is 65.2 Å². The smallest absolute Gasteiger partial charge is 0.270 e. The average molecular weight is 393 g/mol. The molecule has 0 aliphatic heterocycles. The maximum absolute atomic E-state index is 13.2. The van der Waals surface area contributed by atoms with Gasteiger partial charge in [0.1, 0.15) is 11.5 Å². The first-order valence-corrected chi connectivity index (χ1v) is 9.83. The van der Waals surface area contributed by atoms with Gasteiger partial charge in [0.05, 0.1) is 0 Å². The third-order valence-corrected chi connectivity index (χ3v) is 5.92. The molecular formula is C23H24FN3O2. The summed E-state index contributed by atoms with van der Waals surface area (Å²) in [5, 5.41) is 3.64. The molecule has 1 heterocycles. The van der Waals surface area contributed by atoms with Gasteiger partial charge in [0.25, 0.3) is 5.91 Å². The van der Waals surface area contributed by atoms with Crippen LogP contribution in [-0.2, 0) is 4.79 Å². The minimum atomic E-state index is -0.267. The van der Waals surface area contributed by atoms with Crippen molar-refractivity contribution in [3.63, 3.8) is 0 Å². The predicted octanol–water partition coefficient (Wildman–Crippen LogP) is 3.96. The van der Waals surface area contributed by atoms with Gasteiger partial charge in [-0.25, -0.2) is 4.39 Å². The number of rotatable bonds is 4. The Morgan fingerprint density at radius 3 is 2.52 bits per heavy atom. The number of aromatic nitrogens is 1. The van der Waals surface area contributed by atoms with Gasteiger partial charge in [-0.3, -0.25) is 9.59 Å². The summed E-state index contributed by atoms with van der Waals surface area (Å²) in [4.78, 5) is 29.8. The first-order valence-electron chi connectivity index (χ1n) is 9.83. The van der Waals surface area contributed by atoms with Crippen molar-refractivity contribution in [3.05, 3.63) is 60.0 Å². The van der Waals surface area contributed by atoms with E-state index in [4.69, 9.17) is 0 Å². The first kappa shape index (κ1) is 19.2. The van der Waals surface area contributed by atoms with Crippen molar-refractivity contribution in [2.45, 2.75) is 25.3 Å². The van der Waals surface area contributed by atoms with Crippen LogP contribution in [-0.4, -0.2) is 41.8 Å². The van der Waals surface area contributed by atoms with Crippen LogP contribution < -0.4 is 5.32 Å². The van der Waals surface area contributed by atoms with Gasteiger partial charge in [0.2, 0.25) is 5.91 Å². The van der Waals surface area contributed by atoms with E-state index in [-0.39, 0.29) is 29.6 Å². The number of hydrogen-bond acceptors (Lipinski definition) is 2. The number of fused-ring (bicyclic) bond motifs is 1. The lowest BCUT2D eigenvalue weighted by Gasteiger charge is -2.24. The fourth-order valence-electron chi connectivity index (χ4n) is 4.17. The van der Waals surface area contributed by atoms with E-state index in [1.807, 2.05) is 24.3 Å². The van der Waals surface area contributed by atoms with E-state index in [2.05, 4.69) is 10.3 Å². The molecule has 2 aromatic carbocycles. The van der Waals surface area contributed by atoms with Crippen LogP contribution in [0.5, 0.6) is 0 Å². The van der Waals surface area contributed by atoms with Crippen molar-refractivity contribution >= 4 is 22.7 Å². The van der Waals surface area contributed by atoms with Crippen LogP contribution >= 0.6 is 0 Å². The van der Waals surface area contributed by atoms with Crippen LogP contribution in [0.3, 0.4) is 0 Å². The van der Waals surface area contributed by atoms with Gasteiger partial charge in [0.15, 0.2) is 0 Å². The van der Waals surface area contributed by atoms with Crippen molar-refractivity contribution in [1.29, 1.82) is 0 Å². The molecule has 1 saturated carbocycles. The number of benzene rings is 2. The number of nitrogens with zero attached hydrogens (tertiary/aromatic N) is 1. The summed E-state index contributed by atoms with van der Waals surface area (Å²) in [6.45, 7) is 0. The molecule has 0 unspecified atom stereocenters. The van der Waals surface area contributed by atoms with Gasteiger partial charge < -0.3 is 15.2 Å². The molecule has 1 aromatic heterocycles. The maximum Gasteiger partial charge on any atom is 0.270 e. The zero-order valence-corrected chi connectivity index (χ0v) is 16.5. The molecule has 0 saturated heterocycles. The molecule has 0 bridgehead atoms. The molecule has 0 radical (unpaired) electrons. The summed E-state index contributed by atoms with van der Waals surface area (Å²) in [6.07, 6.45) is 2.32. The molecule has 150 valence electrons. The highest BCUT2D eigenvalue weighted by Crippen LogP contribution is 2.30. The van der Waals surface area contributed by atoms with E-state index in [0.717, 1.165) is 34.9 Å². The van der Waals surface area contributed by atoms with Gasteiger partial charge in [-0.2, -0.15) is 0 Å². The summed E-state index contributed by atoms with van der Waals surface area (Å²) in [6, 6.07) is 14.2. The highest BCUT2D eigenvalue weighted by atomic mass is 19.1. The van der Waals surface area contributed by atoms with Gasteiger partial charge in [-0.15, -0.1) is 0 Å². The van der Waals surface area contributed by atoms with Crippen molar-refractivity contribution in [1.82, 2.24) is 15.2 Å². The fraction of sp³-hybridized carbons (Fsp3) is 0.304. The predicted molar refractivity (Wildman–Crippen MR) is 111 cm³/mol. The van der Waals surface area contributed by atoms with Gasteiger partial charge in [-0.05, 0) is 54.7 Å². The molecule has 2 amide bonds. The molecule has 2 atom stereocenters. The van der Waals surface area contributed by atoms with Crippen molar-refractivity contribution < 1.29 is 14.0 Å². The van der Waals surface area contributed by atoms with E-state index in [0.29, 0.717) is 12.1 Å². The Balaban J connectivity index is 1.54. The lowest BCUT2D eigenvalue weighted by atomic mass is 10.0. The van der Waals surface area contributed by atoms with Crippen molar-refractivity contribution in [3.8, 4) is 11.1 Å². The molecule has 2 N–H and O–H groups in total. The maximum atomic E-state index is 13.2. The minimum Gasteiger partial charge on any atom is -0.359 e. The number of amides is 2. The van der Waals surface area contributed by atoms with Crippen molar-refractivity contribution in [2.24, 2.45) is 5.92 Å². The van der Waals surface area contributed by atoms with Gasteiger partial charge in [0, 0.05) is 37.0 Å². The molecule has 1 fully saturated rings. The summed E-state index contributed by atoms with van der Waals surface area (Å²) >= 11 is 0. The van der Waals surface area contributed by atoms with E-state index in [1.54, 1.807) is 31.1 Å². The minimum absolute atomic E-state index is 0.0266. The zero-order chi connectivity index (χ0) is 20.5. The van der Waals surface area contributed by atoms with E-state index >= 15 is 0 Å². The average Bonchev–Trinajstić information content (AvgIpc) is 3.39. The quantitative estimate of drug-likeness (QED) is 0.705. The number of carbonyl (C=O) groups excluding carboxylic acids is 2. The van der Waals surface area contributed by atoms with Crippen LogP contribution in [0, 0.1) is 11.7 Å². The highest BCUT2D eigenvalue weighted by molar-refractivity contribution is 5.99. The number of aromatic amines is 1. The monoisotopic (exact) mass is 393 g/mol. The van der Waals surface area contributed by atoms with Crippen LogP contribution in [0.25, 0.3) is 22.0 Å². The van der Waals surface area contributed by atoms with Crippen LogP contribution in [0.2, 0.25) is 0 Å². The summed E-state index contributed by atoms with van der Waals surface area (Å²) in [7, 11) is 3.45. The van der Waals surface area contributed by atoms with Gasteiger partial charge in [-0.1, -0.05) is 24.3 Å². The van der Waals surface area contributed by atoms with Crippen LogP contribution in [0.15, 0.2) is 48.5 Å². The largest absolute Gasteiger partial charge is 0.359 e. The molecule has 3 aromatic rings. The van der Waals surface area contributed by atoms with Crippen LogP contribution in [0.4, 0.5) is 4.39 Å². The number of halogens is 1. The second kappa shape index (κ2) is 7.70. The first-order chi connectivity index (χ1) is 14.0. The fourth-order valence-corrected chi connectivity index (χ4v) is 4.17. The second-order valence-corrected chi connectivity index (χ2v) is 7.69. The molecule has 6 heteroatoms. The number of H-pyrrole nitrogens is 1. The molecule has 1 aliphatic carbocycles. The molecule has 29 heavy (non-hydrogen) atoms. The Morgan fingerprint density at radius 2 is 1.79 bits per heavy atom. The van der Waals surface area contributed by atoms with Crippen LogP contribution in [0.1, 0.15) is 29.8 Å². The highest BCUT2D eigenvalue weighted by Gasteiger charge is 2.33.